The fraction of sp³-hybridized carbons (Fsp3) is 0.188. The summed E-state index contributed by atoms with van der Waals surface area (Å²) in [5.74, 6) is -1.07. The first kappa shape index (κ1) is 18.2. The normalized spacial score (nSPS) is 10.9. The summed E-state index contributed by atoms with van der Waals surface area (Å²) in [5, 5.41) is 5.09. The van der Waals surface area contributed by atoms with Crippen molar-refractivity contribution in [1.29, 1.82) is 0 Å². The molecule has 0 unspecified atom stereocenters. The van der Waals surface area contributed by atoms with Crippen LogP contribution in [0.15, 0.2) is 36.5 Å². The van der Waals surface area contributed by atoms with E-state index in [0.29, 0.717) is 11.9 Å². The van der Waals surface area contributed by atoms with Crippen LogP contribution in [0.1, 0.15) is 26.3 Å². The van der Waals surface area contributed by atoms with Gasteiger partial charge in [-0.1, -0.05) is 0 Å². The van der Waals surface area contributed by atoms with E-state index < -0.39 is 23.6 Å². The lowest BCUT2D eigenvalue weighted by Gasteiger charge is -2.12. The Kier molecular flexibility index (Phi) is 5.26. The molecule has 1 heterocycles. The van der Waals surface area contributed by atoms with Crippen molar-refractivity contribution in [2.24, 2.45) is 0 Å². The molecule has 2 rings (SSSR count). The molecule has 25 heavy (non-hydrogen) atoms. The third kappa shape index (κ3) is 4.46. The SMILES string of the molecule is CNc1ccc(C(=O)Nc2cc(C(=O)OC)cc(C(F)(F)F)c2)cn1. The summed E-state index contributed by atoms with van der Waals surface area (Å²) in [6.07, 6.45) is -3.41. The molecule has 0 atom stereocenters. The van der Waals surface area contributed by atoms with Gasteiger partial charge in [-0.3, -0.25) is 4.79 Å². The second kappa shape index (κ2) is 7.20. The van der Waals surface area contributed by atoms with Crippen LogP contribution < -0.4 is 10.6 Å². The fourth-order valence-corrected chi connectivity index (χ4v) is 1.98. The molecular weight excluding hydrogens is 339 g/mol. The minimum absolute atomic E-state index is 0.149. The molecule has 6 nitrogen and oxygen atoms in total. The van der Waals surface area contributed by atoms with Crippen LogP contribution in [0.2, 0.25) is 0 Å². The monoisotopic (exact) mass is 353 g/mol. The van der Waals surface area contributed by atoms with E-state index in [-0.39, 0.29) is 16.8 Å². The predicted octanol–water partition coefficient (Wildman–Crippen LogP) is 3.18. The maximum atomic E-state index is 13.0. The first-order chi connectivity index (χ1) is 11.7. The minimum atomic E-state index is -4.68. The van der Waals surface area contributed by atoms with Crippen LogP contribution in [0.3, 0.4) is 0 Å². The molecule has 1 aromatic carbocycles. The van der Waals surface area contributed by atoms with Crippen molar-refractivity contribution in [1.82, 2.24) is 4.98 Å². The number of anilines is 2. The molecule has 1 amide bonds. The quantitative estimate of drug-likeness (QED) is 0.825. The van der Waals surface area contributed by atoms with Crippen molar-refractivity contribution in [3.05, 3.63) is 53.2 Å². The molecule has 0 aliphatic carbocycles. The molecule has 0 aliphatic rings. The molecular formula is C16H14F3N3O3. The summed E-state index contributed by atoms with van der Waals surface area (Å²) in [6, 6.07) is 5.50. The van der Waals surface area contributed by atoms with Gasteiger partial charge in [-0.15, -0.1) is 0 Å². The zero-order valence-corrected chi connectivity index (χ0v) is 13.3. The second-order valence-electron chi connectivity index (χ2n) is 4.92. The second-order valence-corrected chi connectivity index (χ2v) is 4.92. The van der Waals surface area contributed by atoms with Crippen LogP contribution in [0, 0.1) is 0 Å². The number of carbonyl (C=O) groups is 2. The third-order valence-corrected chi connectivity index (χ3v) is 3.22. The summed E-state index contributed by atoms with van der Waals surface area (Å²) >= 11 is 0. The molecule has 132 valence electrons. The highest BCUT2D eigenvalue weighted by Crippen LogP contribution is 2.32. The Morgan fingerprint density at radius 3 is 2.36 bits per heavy atom. The maximum absolute atomic E-state index is 13.0. The van der Waals surface area contributed by atoms with Gasteiger partial charge in [-0.05, 0) is 30.3 Å². The molecule has 1 aromatic heterocycles. The number of alkyl halides is 3. The Bertz CT molecular complexity index is 789. The molecule has 0 saturated carbocycles. The largest absolute Gasteiger partial charge is 0.465 e. The summed E-state index contributed by atoms with van der Waals surface area (Å²) in [6.45, 7) is 0. The van der Waals surface area contributed by atoms with E-state index in [4.69, 9.17) is 0 Å². The number of carbonyl (C=O) groups excluding carboxylic acids is 2. The van der Waals surface area contributed by atoms with Gasteiger partial charge in [0.2, 0.25) is 0 Å². The Morgan fingerprint density at radius 2 is 1.84 bits per heavy atom. The van der Waals surface area contributed by atoms with Gasteiger partial charge < -0.3 is 15.4 Å². The number of nitrogens with one attached hydrogen (secondary N) is 2. The summed E-state index contributed by atoms with van der Waals surface area (Å²) in [4.78, 5) is 27.7. The predicted molar refractivity (Wildman–Crippen MR) is 84.5 cm³/mol. The van der Waals surface area contributed by atoms with Gasteiger partial charge in [0.25, 0.3) is 5.91 Å². The van der Waals surface area contributed by atoms with Crippen LogP contribution >= 0.6 is 0 Å². The van der Waals surface area contributed by atoms with Gasteiger partial charge >= 0.3 is 12.1 Å². The smallest absolute Gasteiger partial charge is 0.416 e. The standard InChI is InChI=1S/C16H14F3N3O3/c1-20-13-4-3-9(8-21-13)14(23)22-12-6-10(15(24)25-2)5-11(7-12)16(17,18)19/h3-8H,1-2H3,(H,20,21)(H,22,23). The average Bonchev–Trinajstić information content (AvgIpc) is 2.60. The first-order valence-electron chi connectivity index (χ1n) is 7.00. The first-order valence-corrected chi connectivity index (χ1v) is 7.00. The van der Waals surface area contributed by atoms with E-state index in [1.54, 1.807) is 13.1 Å². The zero-order valence-electron chi connectivity index (χ0n) is 13.3. The van der Waals surface area contributed by atoms with Crippen molar-refractivity contribution in [2.45, 2.75) is 6.18 Å². The van der Waals surface area contributed by atoms with E-state index in [1.807, 2.05) is 0 Å². The van der Waals surface area contributed by atoms with Crippen molar-refractivity contribution < 1.29 is 27.5 Å². The molecule has 2 aromatic rings. The van der Waals surface area contributed by atoms with E-state index in [1.165, 1.54) is 12.3 Å². The molecule has 0 radical (unpaired) electrons. The highest BCUT2D eigenvalue weighted by molar-refractivity contribution is 6.04. The van der Waals surface area contributed by atoms with Gasteiger partial charge in [0, 0.05) is 18.9 Å². The lowest BCUT2D eigenvalue weighted by Crippen LogP contribution is -2.15. The van der Waals surface area contributed by atoms with Crippen LogP contribution in [-0.4, -0.2) is 31.0 Å². The molecule has 0 aliphatic heterocycles. The van der Waals surface area contributed by atoms with E-state index in [2.05, 4.69) is 20.4 Å². The zero-order chi connectivity index (χ0) is 18.6. The number of hydrogen-bond donors (Lipinski definition) is 2. The molecule has 9 heteroatoms. The number of aromatic nitrogens is 1. The minimum Gasteiger partial charge on any atom is -0.465 e. The molecule has 0 saturated heterocycles. The lowest BCUT2D eigenvalue weighted by atomic mass is 10.1. The van der Waals surface area contributed by atoms with Crippen LogP contribution in [0.4, 0.5) is 24.7 Å². The van der Waals surface area contributed by atoms with Crippen molar-refractivity contribution in [3.63, 3.8) is 0 Å². The number of halogens is 3. The number of hydrogen-bond acceptors (Lipinski definition) is 5. The number of nitrogens with zero attached hydrogens (tertiary/aromatic N) is 1. The van der Waals surface area contributed by atoms with Gasteiger partial charge in [0.05, 0.1) is 23.8 Å². The topological polar surface area (TPSA) is 80.3 Å². The van der Waals surface area contributed by atoms with Crippen molar-refractivity contribution in [3.8, 4) is 0 Å². The highest BCUT2D eigenvalue weighted by Gasteiger charge is 2.32. The highest BCUT2D eigenvalue weighted by atomic mass is 19.4. The number of methoxy groups -OCH3 is 1. The van der Waals surface area contributed by atoms with E-state index in [0.717, 1.165) is 19.2 Å². The summed E-state index contributed by atoms with van der Waals surface area (Å²) < 4.78 is 43.4. The Morgan fingerprint density at radius 1 is 1.12 bits per heavy atom. The molecule has 0 bridgehead atoms. The number of rotatable bonds is 4. The van der Waals surface area contributed by atoms with Crippen LogP contribution in [0.5, 0.6) is 0 Å². The Labute approximate surface area is 141 Å². The summed E-state index contributed by atoms with van der Waals surface area (Å²) in [7, 11) is 2.70. The van der Waals surface area contributed by atoms with Crippen molar-refractivity contribution in [2.75, 3.05) is 24.8 Å². The van der Waals surface area contributed by atoms with Crippen LogP contribution in [-0.2, 0) is 10.9 Å². The van der Waals surface area contributed by atoms with Crippen LogP contribution in [0.25, 0.3) is 0 Å². The van der Waals surface area contributed by atoms with Gasteiger partial charge in [0.1, 0.15) is 5.82 Å². The Balaban J connectivity index is 2.33. The third-order valence-electron chi connectivity index (χ3n) is 3.22. The number of ether oxygens (including phenoxy) is 1. The van der Waals surface area contributed by atoms with Crippen molar-refractivity contribution >= 4 is 23.4 Å². The summed E-state index contributed by atoms with van der Waals surface area (Å²) in [5.41, 5.74) is -1.43. The van der Waals surface area contributed by atoms with Gasteiger partial charge in [0.15, 0.2) is 0 Å². The van der Waals surface area contributed by atoms with E-state index >= 15 is 0 Å². The maximum Gasteiger partial charge on any atom is 0.416 e. The fourth-order valence-electron chi connectivity index (χ4n) is 1.98. The van der Waals surface area contributed by atoms with Gasteiger partial charge in [-0.25, -0.2) is 9.78 Å². The molecule has 0 fully saturated rings. The average molecular weight is 353 g/mol. The molecule has 2 N–H and O–H groups in total. The molecule has 0 spiro atoms. The number of esters is 1. The number of amides is 1. The Hall–Kier alpha value is -3.10. The lowest BCUT2D eigenvalue weighted by molar-refractivity contribution is -0.137. The number of benzene rings is 1. The van der Waals surface area contributed by atoms with Gasteiger partial charge in [-0.2, -0.15) is 13.2 Å². The van der Waals surface area contributed by atoms with E-state index in [9.17, 15) is 22.8 Å². The number of pyridine rings is 1.